The number of nitrogen functional groups attached to an aromatic ring is 2. The molecular formula is C48H80N10O4S2. The fraction of sp³-hybridized carbons (Fsp3) is 0.667. The molecular weight excluding hydrogens is 845 g/mol. The van der Waals surface area contributed by atoms with Gasteiger partial charge in [-0.15, -0.1) is 0 Å². The van der Waals surface area contributed by atoms with E-state index in [0.29, 0.717) is 46.5 Å². The standard InChI is InChI=1S/C48H80N10O4S2/c1-59-41-33-37-39(35-43(41)61-3)55-47(57-45(37)49)53-27-23-19-15-11-7-5-9-13-17-21-25-51-29-31-63-64-32-30-52-26-22-18-14-10-6-8-12-16-20-24-28-54-48-56-40-36-44(62-4)42(60-2)34-38(40)46(50)58-48/h33-36,51-52H,5-32H2,1-4H3,(H3,49,53,55,57)(H3,50,54,56,58). The van der Waals surface area contributed by atoms with Gasteiger partial charge in [0.1, 0.15) is 11.6 Å². The normalized spacial score (nSPS) is 11.4. The van der Waals surface area contributed by atoms with Crippen LogP contribution in [0.2, 0.25) is 0 Å². The second-order valence-corrected chi connectivity index (χ2v) is 19.1. The highest BCUT2D eigenvalue weighted by molar-refractivity contribution is 8.76. The van der Waals surface area contributed by atoms with Crippen molar-refractivity contribution in [2.24, 2.45) is 0 Å². The molecule has 2 heterocycles. The Balaban J connectivity index is 0.808. The van der Waals surface area contributed by atoms with Crippen LogP contribution in [0.15, 0.2) is 24.3 Å². The lowest BCUT2D eigenvalue weighted by Crippen LogP contribution is -2.19. The minimum absolute atomic E-state index is 0.436. The monoisotopic (exact) mass is 925 g/mol. The third-order valence-corrected chi connectivity index (χ3v) is 13.8. The Morgan fingerprint density at radius 2 is 0.688 bits per heavy atom. The number of nitrogens with zero attached hydrogens (tertiary/aromatic N) is 4. The van der Waals surface area contributed by atoms with E-state index in [-0.39, 0.29) is 0 Å². The van der Waals surface area contributed by atoms with Gasteiger partial charge in [-0.05, 0) is 50.9 Å². The third-order valence-electron chi connectivity index (χ3n) is 11.4. The lowest BCUT2D eigenvalue weighted by Gasteiger charge is -2.11. The molecule has 0 radical (unpaired) electrons. The predicted molar refractivity (Wildman–Crippen MR) is 274 cm³/mol. The van der Waals surface area contributed by atoms with Crippen LogP contribution in [0.3, 0.4) is 0 Å². The topological polar surface area (TPSA) is 189 Å². The molecule has 0 aliphatic carbocycles. The fourth-order valence-electron chi connectivity index (χ4n) is 7.69. The summed E-state index contributed by atoms with van der Waals surface area (Å²) in [6.45, 7) is 6.19. The summed E-state index contributed by atoms with van der Waals surface area (Å²) in [7, 11) is 10.4. The number of methoxy groups -OCH3 is 4. The first kappa shape index (κ1) is 52.8. The van der Waals surface area contributed by atoms with Crippen LogP contribution in [0.1, 0.15) is 128 Å². The van der Waals surface area contributed by atoms with Gasteiger partial charge in [-0.25, -0.2) is 9.97 Å². The third kappa shape index (κ3) is 20.1. The summed E-state index contributed by atoms with van der Waals surface area (Å²) in [5.41, 5.74) is 13.9. The second-order valence-electron chi connectivity index (χ2n) is 16.4. The van der Waals surface area contributed by atoms with E-state index in [2.05, 4.69) is 41.2 Å². The number of hydrogen-bond acceptors (Lipinski definition) is 16. The SMILES string of the molecule is COc1cc2nc(NCCCCCCCCCCCCNCCSSCCNCCCCCCCCCCCCNc3nc(N)c4cc(OC)c(OC)cc4n3)nc(N)c2cc1OC. The molecule has 0 saturated carbocycles. The molecule has 0 saturated heterocycles. The maximum absolute atomic E-state index is 6.20. The van der Waals surface area contributed by atoms with E-state index < -0.39 is 0 Å². The molecule has 2 aromatic heterocycles. The van der Waals surface area contributed by atoms with Crippen LogP contribution in [0, 0.1) is 0 Å². The number of aromatic nitrogens is 4. The van der Waals surface area contributed by atoms with Gasteiger partial charge in [-0.3, -0.25) is 0 Å². The average Bonchev–Trinajstić information content (AvgIpc) is 3.30. The molecule has 0 amide bonds. The van der Waals surface area contributed by atoms with E-state index in [9.17, 15) is 0 Å². The van der Waals surface area contributed by atoms with Gasteiger partial charge in [0.15, 0.2) is 23.0 Å². The summed E-state index contributed by atoms with van der Waals surface area (Å²) in [6.07, 6.45) is 25.9. The molecule has 0 unspecified atom stereocenters. The van der Waals surface area contributed by atoms with Gasteiger partial charge in [-0.1, -0.05) is 124 Å². The Bertz CT molecular complexity index is 1740. The number of fused-ring (bicyclic) bond motifs is 2. The van der Waals surface area contributed by atoms with Crippen LogP contribution in [-0.4, -0.2) is 99.1 Å². The first-order valence-corrected chi connectivity index (χ1v) is 26.5. The number of nitrogens with one attached hydrogen (secondary N) is 4. The molecule has 4 aromatic rings. The van der Waals surface area contributed by atoms with Crippen molar-refractivity contribution in [2.45, 2.75) is 128 Å². The highest BCUT2D eigenvalue weighted by atomic mass is 33.1. The molecule has 64 heavy (non-hydrogen) atoms. The molecule has 358 valence electrons. The van der Waals surface area contributed by atoms with Gasteiger partial charge < -0.3 is 51.7 Å². The zero-order chi connectivity index (χ0) is 45.5. The van der Waals surface area contributed by atoms with E-state index in [1.54, 1.807) is 28.4 Å². The van der Waals surface area contributed by atoms with Gasteiger partial charge in [0.2, 0.25) is 11.9 Å². The van der Waals surface area contributed by atoms with Gasteiger partial charge in [0.25, 0.3) is 0 Å². The molecule has 8 N–H and O–H groups in total. The van der Waals surface area contributed by atoms with Crippen LogP contribution in [0.5, 0.6) is 23.0 Å². The molecule has 16 heteroatoms. The second kappa shape index (κ2) is 32.7. The van der Waals surface area contributed by atoms with E-state index in [1.807, 2.05) is 45.9 Å². The zero-order valence-electron chi connectivity index (χ0n) is 39.5. The Hall–Kier alpha value is -3.86. The van der Waals surface area contributed by atoms with Gasteiger partial charge >= 0.3 is 0 Å². The van der Waals surface area contributed by atoms with E-state index in [4.69, 9.17) is 30.4 Å². The molecule has 0 fully saturated rings. The summed E-state index contributed by atoms with van der Waals surface area (Å²) >= 11 is 0. The summed E-state index contributed by atoms with van der Waals surface area (Å²) in [5, 5.41) is 15.4. The largest absolute Gasteiger partial charge is 0.493 e. The zero-order valence-corrected chi connectivity index (χ0v) is 41.1. The Morgan fingerprint density at radius 3 is 1.02 bits per heavy atom. The molecule has 0 atom stereocenters. The smallest absolute Gasteiger partial charge is 0.225 e. The van der Waals surface area contributed by atoms with Crippen molar-refractivity contribution in [1.29, 1.82) is 0 Å². The average molecular weight is 925 g/mol. The van der Waals surface area contributed by atoms with Crippen molar-refractivity contribution in [2.75, 3.05) is 101 Å². The summed E-state index contributed by atoms with van der Waals surface area (Å²) in [4.78, 5) is 18.1. The molecule has 0 aliphatic heterocycles. The quantitative estimate of drug-likeness (QED) is 0.0183. The van der Waals surface area contributed by atoms with Crippen LogP contribution < -0.4 is 51.7 Å². The highest BCUT2D eigenvalue weighted by Gasteiger charge is 2.13. The highest BCUT2D eigenvalue weighted by Crippen LogP contribution is 2.35. The maximum atomic E-state index is 6.20. The van der Waals surface area contributed by atoms with E-state index in [0.717, 1.165) is 73.9 Å². The molecule has 14 nitrogen and oxygen atoms in total. The molecule has 4 rings (SSSR count). The van der Waals surface area contributed by atoms with Crippen molar-refractivity contribution < 1.29 is 18.9 Å². The van der Waals surface area contributed by atoms with Crippen molar-refractivity contribution in [1.82, 2.24) is 30.6 Å². The number of hydrogen-bond donors (Lipinski definition) is 6. The summed E-state index contributed by atoms with van der Waals surface area (Å²) in [6, 6.07) is 7.32. The van der Waals surface area contributed by atoms with Crippen LogP contribution in [0.4, 0.5) is 23.5 Å². The molecule has 0 bridgehead atoms. The first-order chi connectivity index (χ1) is 31.5. The number of rotatable bonds is 39. The Kier molecular flexibility index (Phi) is 27.0. The van der Waals surface area contributed by atoms with Crippen LogP contribution in [0.25, 0.3) is 21.8 Å². The Morgan fingerprint density at radius 1 is 0.391 bits per heavy atom. The lowest BCUT2D eigenvalue weighted by molar-refractivity contribution is 0.356. The molecule has 0 spiro atoms. The molecule has 2 aromatic carbocycles. The summed E-state index contributed by atoms with van der Waals surface area (Å²) in [5.74, 6) is 6.84. The van der Waals surface area contributed by atoms with Crippen LogP contribution in [-0.2, 0) is 0 Å². The summed E-state index contributed by atoms with van der Waals surface area (Å²) < 4.78 is 21.6. The first-order valence-electron chi connectivity index (χ1n) is 24.0. The Labute approximate surface area is 391 Å². The van der Waals surface area contributed by atoms with Gasteiger partial charge in [-0.2, -0.15) is 9.97 Å². The van der Waals surface area contributed by atoms with Crippen molar-refractivity contribution >= 4 is 66.9 Å². The minimum atomic E-state index is 0.436. The van der Waals surface area contributed by atoms with Crippen molar-refractivity contribution in [3.8, 4) is 23.0 Å². The van der Waals surface area contributed by atoms with Gasteiger partial charge in [0, 0.05) is 60.6 Å². The van der Waals surface area contributed by atoms with Crippen molar-refractivity contribution in [3.63, 3.8) is 0 Å². The minimum Gasteiger partial charge on any atom is -0.493 e. The number of ether oxygens (including phenoxy) is 4. The van der Waals surface area contributed by atoms with Crippen molar-refractivity contribution in [3.05, 3.63) is 24.3 Å². The van der Waals surface area contributed by atoms with E-state index >= 15 is 0 Å². The maximum Gasteiger partial charge on any atom is 0.225 e. The van der Waals surface area contributed by atoms with E-state index in [1.165, 1.54) is 127 Å². The number of unbranched alkanes of at least 4 members (excludes halogenated alkanes) is 18. The van der Waals surface area contributed by atoms with Crippen LogP contribution >= 0.6 is 21.6 Å². The fourth-order valence-corrected chi connectivity index (χ4v) is 9.59. The lowest BCUT2D eigenvalue weighted by atomic mass is 10.1. The number of nitrogens with two attached hydrogens (primary N) is 2. The number of benzene rings is 2. The van der Waals surface area contributed by atoms with Gasteiger partial charge in [0.05, 0.1) is 39.5 Å². The number of anilines is 4. The predicted octanol–water partition coefficient (Wildman–Crippen LogP) is 10.7. The molecule has 0 aliphatic rings.